The summed E-state index contributed by atoms with van der Waals surface area (Å²) in [6, 6.07) is 4.95. The molecule has 4 N–H and O–H groups in total. The van der Waals surface area contributed by atoms with Crippen LogP contribution in [0.3, 0.4) is 0 Å². The molecule has 0 aliphatic carbocycles. The van der Waals surface area contributed by atoms with Gasteiger partial charge in [0.25, 0.3) is 0 Å². The summed E-state index contributed by atoms with van der Waals surface area (Å²) < 4.78 is 13.5. The molecule has 2 aromatic rings. The Morgan fingerprint density at radius 1 is 1.26 bits per heavy atom. The van der Waals surface area contributed by atoms with Crippen molar-refractivity contribution in [3.05, 3.63) is 41.5 Å². The number of hydrogen-bond donors (Lipinski definition) is 3. The van der Waals surface area contributed by atoms with E-state index in [0.717, 1.165) is 5.56 Å². The van der Waals surface area contributed by atoms with E-state index >= 15 is 0 Å². The lowest BCUT2D eigenvalue weighted by Gasteiger charge is -2.13. The fourth-order valence-electron chi connectivity index (χ4n) is 1.79. The first-order valence-electron chi connectivity index (χ1n) is 5.99. The molecule has 0 spiro atoms. The number of nitrogen functional groups attached to an aromatic ring is 1. The van der Waals surface area contributed by atoms with E-state index in [1.54, 1.807) is 19.1 Å². The number of rotatable bonds is 4. The number of aromatic nitrogens is 2. The zero-order valence-electron chi connectivity index (χ0n) is 10.9. The maximum atomic E-state index is 13.5. The largest absolute Gasteiger partial charge is 0.340 e. The first kappa shape index (κ1) is 13.2. The molecule has 0 aliphatic heterocycles. The van der Waals surface area contributed by atoms with Gasteiger partial charge < -0.3 is 10.7 Å². The second kappa shape index (κ2) is 5.62. The molecule has 0 atom stereocenters. The molecule has 2 rings (SSSR count). The van der Waals surface area contributed by atoms with Crippen LogP contribution in [-0.4, -0.2) is 9.97 Å². The van der Waals surface area contributed by atoms with Gasteiger partial charge in [0.1, 0.15) is 23.8 Å². The molecule has 0 bridgehead atoms. The lowest BCUT2D eigenvalue weighted by molar-refractivity contribution is 0.619. The molecule has 100 valence electrons. The van der Waals surface area contributed by atoms with Crippen LogP contribution in [0.1, 0.15) is 18.1 Å². The molecule has 1 aromatic heterocycles. The molecule has 0 saturated carbocycles. The summed E-state index contributed by atoms with van der Waals surface area (Å²) in [5, 5.41) is 3.08. The van der Waals surface area contributed by atoms with Gasteiger partial charge in [0.05, 0.1) is 0 Å². The van der Waals surface area contributed by atoms with E-state index in [9.17, 15) is 4.39 Å². The normalized spacial score (nSPS) is 10.3. The van der Waals surface area contributed by atoms with Crippen LogP contribution < -0.4 is 16.6 Å². The third-order valence-corrected chi connectivity index (χ3v) is 2.87. The van der Waals surface area contributed by atoms with Gasteiger partial charge in [-0.25, -0.2) is 20.2 Å². The van der Waals surface area contributed by atoms with E-state index in [0.29, 0.717) is 29.3 Å². The van der Waals surface area contributed by atoms with Crippen molar-refractivity contribution in [1.82, 2.24) is 9.97 Å². The molecule has 6 heteroatoms. The zero-order chi connectivity index (χ0) is 13.8. The highest BCUT2D eigenvalue weighted by molar-refractivity contribution is 5.64. The first-order valence-corrected chi connectivity index (χ1v) is 5.99. The van der Waals surface area contributed by atoms with Gasteiger partial charge in [0, 0.05) is 11.3 Å². The summed E-state index contributed by atoms with van der Waals surface area (Å²) in [5.74, 6) is 6.33. The number of nitrogens with one attached hydrogen (secondary N) is 2. The van der Waals surface area contributed by atoms with Crippen LogP contribution in [0.5, 0.6) is 0 Å². The van der Waals surface area contributed by atoms with Gasteiger partial charge in [-0.05, 0) is 31.0 Å². The minimum absolute atomic E-state index is 0.255. The van der Waals surface area contributed by atoms with E-state index in [4.69, 9.17) is 5.84 Å². The van der Waals surface area contributed by atoms with Crippen molar-refractivity contribution in [1.29, 1.82) is 0 Å². The van der Waals surface area contributed by atoms with E-state index in [-0.39, 0.29) is 5.82 Å². The Bertz CT molecular complexity index is 585. The summed E-state index contributed by atoms with van der Waals surface area (Å²) in [4.78, 5) is 8.21. The summed E-state index contributed by atoms with van der Waals surface area (Å²) in [5.41, 5.74) is 4.62. The van der Waals surface area contributed by atoms with Gasteiger partial charge in [-0.3, -0.25) is 0 Å². The van der Waals surface area contributed by atoms with Crippen LogP contribution in [0.25, 0.3) is 0 Å². The SMILES string of the molecule is CCc1c(NN)ncnc1Nc1ccc(C)c(F)c1. The van der Waals surface area contributed by atoms with Crippen LogP contribution in [0.2, 0.25) is 0 Å². The van der Waals surface area contributed by atoms with Crippen molar-refractivity contribution in [2.45, 2.75) is 20.3 Å². The van der Waals surface area contributed by atoms with E-state index in [1.807, 2.05) is 6.92 Å². The van der Waals surface area contributed by atoms with Crippen LogP contribution in [0, 0.1) is 12.7 Å². The fourth-order valence-corrected chi connectivity index (χ4v) is 1.79. The maximum absolute atomic E-state index is 13.5. The molecule has 1 aromatic carbocycles. The van der Waals surface area contributed by atoms with Crippen molar-refractivity contribution < 1.29 is 4.39 Å². The second-order valence-corrected chi connectivity index (χ2v) is 4.14. The summed E-state index contributed by atoms with van der Waals surface area (Å²) in [6.45, 7) is 3.69. The van der Waals surface area contributed by atoms with Crippen molar-refractivity contribution in [3.8, 4) is 0 Å². The quantitative estimate of drug-likeness (QED) is 0.582. The van der Waals surface area contributed by atoms with Crippen LogP contribution in [-0.2, 0) is 6.42 Å². The fraction of sp³-hybridized carbons (Fsp3) is 0.231. The highest BCUT2D eigenvalue weighted by atomic mass is 19.1. The van der Waals surface area contributed by atoms with Gasteiger partial charge in [-0.2, -0.15) is 0 Å². The van der Waals surface area contributed by atoms with Crippen LogP contribution in [0.15, 0.2) is 24.5 Å². The second-order valence-electron chi connectivity index (χ2n) is 4.14. The maximum Gasteiger partial charge on any atom is 0.148 e. The number of anilines is 3. The minimum Gasteiger partial charge on any atom is -0.340 e. The van der Waals surface area contributed by atoms with Gasteiger partial charge in [0.2, 0.25) is 0 Å². The van der Waals surface area contributed by atoms with Crippen LogP contribution >= 0.6 is 0 Å². The smallest absolute Gasteiger partial charge is 0.148 e. The molecular formula is C13H16FN5. The standard InChI is InChI=1S/C13H16FN5/c1-3-10-12(16-7-17-13(10)19-15)18-9-5-4-8(2)11(14)6-9/h4-7H,3,15H2,1-2H3,(H2,16,17,18,19). The third kappa shape index (κ3) is 2.79. The lowest BCUT2D eigenvalue weighted by atomic mass is 10.2. The first-order chi connectivity index (χ1) is 9.15. The Labute approximate surface area is 111 Å². The van der Waals surface area contributed by atoms with E-state index in [1.165, 1.54) is 12.4 Å². The minimum atomic E-state index is -0.255. The molecule has 0 fully saturated rings. The summed E-state index contributed by atoms with van der Waals surface area (Å²) in [6.07, 6.45) is 2.11. The molecule has 0 radical (unpaired) electrons. The number of aryl methyl sites for hydroxylation is 1. The molecule has 0 aliphatic rings. The monoisotopic (exact) mass is 261 g/mol. The number of nitrogens with zero attached hydrogens (tertiary/aromatic N) is 2. The van der Waals surface area contributed by atoms with Crippen LogP contribution in [0.4, 0.5) is 21.7 Å². The molecule has 0 saturated heterocycles. The molecule has 1 heterocycles. The predicted octanol–water partition coefficient (Wildman–Crippen LogP) is 2.52. The van der Waals surface area contributed by atoms with Gasteiger partial charge >= 0.3 is 0 Å². The average Bonchev–Trinajstić information content (AvgIpc) is 2.42. The number of halogens is 1. The summed E-state index contributed by atoms with van der Waals surface area (Å²) >= 11 is 0. The Balaban J connectivity index is 2.35. The molecule has 0 amide bonds. The molecular weight excluding hydrogens is 245 g/mol. The zero-order valence-corrected chi connectivity index (χ0v) is 10.9. The highest BCUT2D eigenvalue weighted by Gasteiger charge is 2.09. The highest BCUT2D eigenvalue weighted by Crippen LogP contribution is 2.24. The third-order valence-electron chi connectivity index (χ3n) is 2.87. The van der Waals surface area contributed by atoms with Crippen molar-refractivity contribution >= 4 is 17.3 Å². The summed E-state index contributed by atoms with van der Waals surface area (Å²) in [7, 11) is 0. The van der Waals surface area contributed by atoms with Gasteiger partial charge in [-0.15, -0.1) is 0 Å². The Kier molecular flexibility index (Phi) is 3.91. The Morgan fingerprint density at radius 2 is 2.00 bits per heavy atom. The number of hydrogen-bond acceptors (Lipinski definition) is 5. The number of nitrogens with two attached hydrogens (primary N) is 1. The Hall–Kier alpha value is -2.21. The molecule has 0 unspecified atom stereocenters. The topological polar surface area (TPSA) is 75.9 Å². The van der Waals surface area contributed by atoms with Gasteiger partial charge in [0.15, 0.2) is 0 Å². The number of benzene rings is 1. The number of hydrazine groups is 1. The average molecular weight is 261 g/mol. The van der Waals surface area contributed by atoms with E-state index in [2.05, 4.69) is 20.7 Å². The Morgan fingerprint density at radius 3 is 2.63 bits per heavy atom. The van der Waals surface area contributed by atoms with Gasteiger partial charge in [-0.1, -0.05) is 13.0 Å². The van der Waals surface area contributed by atoms with Crippen molar-refractivity contribution in [2.75, 3.05) is 10.7 Å². The van der Waals surface area contributed by atoms with Crippen molar-refractivity contribution in [3.63, 3.8) is 0 Å². The predicted molar refractivity (Wildman–Crippen MR) is 73.6 cm³/mol. The van der Waals surface area contributed by atoms with E-state index < -0.39 is 0 Å². The molecule has 19 heavy (non-hydrogen) atoms. The lowest BCUT2D eigenvalue weighted by Crippen LogP contribution is -2.13. The van der Waals surface area contributed by atoms with Crippen molar-refractivity contribution in [2.24, 2.45) is 5.84 Å². The molecule has 5 nitrogen and oxygen atoms in total.